The van der Waals surface area contributed by atoms with E-state index in [-0.39, 0.29) is 49.0 Å². The molecule has 28 heavy (non-hydrogen) atoms. The van der Waals surface area contributed by atoms with Gasteiger partial charge in [-0.1, -0.05) is 6.42 Å². The van der Waals surface area contributed by atoms with Crippen LogP contribution in [0.5, 0.6) is 11.5 Å². The Labute approximate surface area is 172 Å². The first-order chi connectivity index (χ1) is 13.0. The van der Waals surface area contributed by atoms with Crippen LogP contribution in [0.15, 0.2) is 18.2 Å². The zero-order valence-corrected chi connectivity index (χ0v) is 17.4. The molecule has 0 aliphatic heterocycles. The first kappa shape index (κ1) is 22.5. The van der Waals surface area contributed by atoms with Gasteiger partial charge in [-0.25, -0.2) is 0 Å². The Hall–Kier alpha value is -1.79. The number of rotatable bonds is 7. The molecule has 1 amide bonds. The number of halogens is 1. The molecule has 1 aromatic rings. The van der Waals surface area contributed by atoms with Crippen LogP contribution < -0.4 is 20.5 Å². The number of fused-ring (bicyclic) bond motifs is 2. The van der Waals surface area contributed by atoms with E-state index in [2.05, 4.69) is 5.32 Å². The van der Waals surface area contributed by atoms with E-state index in [4.69, 9.17) is 15.2 Å². The molecular formula is C21H31ClN2O4. The van der Waals surface area contributed by atoms with Gasteiger partial charge < -0.3 is 20.5 Å². The predicted octanol–water partition coefficient (Wildman–Crippen LogP) is 3.11. The highest BCUT2D eigenvalue weighted by molar-refractivity contribution is 5.98. The number of hydrogen-bond donors (Lipinski definition) is 2. The minimum Gasteiger partial charge on any atom is -0.493 e. The number of methoxy groups -OCH3 is 2. The largest absolute Gasteiger partial charge is 0.493 e. The van der Waals surface area contributed by atoms with E-state index in [0.717, 1.165) is 25.7 Å². The van der Waals surface area contributed by atoms with Crippen LogP contribution in [0.2, 0.25) is 0 Å². The van der Waals surface area contributed by atoms with Gasteiger partial charge in [0.05, 0.1) is 14.2 Å². The van der Waals surface area contributed by atoms with Gasteiger partial charge in [-0.2, -0.15) is 0 Å². The second kappa shape index (κ2) is 10.1. The summed E-state index contributed by atoms with van der Waals surface area (Å²) < 4.78 is 10.4. The van der Waals surface area contributed by atoms with Gasteiger partial charge in [0.1, 0.15) is 0 Å². The molecule has 0 aromatic heterocycles. The lowest BCUT2D eigenvalue weighted by molar-refractivity contribution is -0.123. The number of nitrogens with one attached hydrogen (secondary N) is 1. The van der Waals surface area contributed by atoms with Crippen molar-refractivity contribution in [3.05, 3.63) is 23.8 Å². The van der Waals surface area contributed by atoms with Crippen LogP contribution in [0.3, 0.4) is 0 Å². The lowest BCUT2D eigenvalue weighted by atomic mass is 9.67. The monoisotopic (exact) mass is 410 g/mol. The zero-order valence-electron chi connectivity index (χ0n) is 16.6. The normalized spacial score (nSPS) is 26.0. The third-order valence-electron chi connectivity index (χ3n) is 5.99. The summed E-state index contributed by atoms with van der Waals surface area (Å²) in [4.78, 5) is 24.9. The smallest absolute Gasteiger partial charge is 0.220 e. The van der Waals surface area contributed by atoms with Crippen molar-refractivity contribution in [1.82, 2.24) is 5.32 Å². The van der Waals surface area contributed by atoms with Crippen molar-refractivity contribution in [2.24, 2.45) is 17.6 Å². The number of nitrogens with two attached hydrogens (primary N) is 1. The Morgan fingerprint density at radius 3 is 2.32 bits per heavy atom. The summed E-state index contributed by atoms with van der Waals surface area (Å²) in [7, 11) is 3.09. The van der Waals surface area contributed by atoms with Gasteiger partial charge in [-0.3, -0.25) is 9.59 Å². The van der Waals surface area contributed by atoms with Gasteiger partial charge in [-0.15, -0.1) is 12.4 Å². The van der Waals surface area contributed by atoms with Crippen LogP contribution in [0.4, 0.5) is 0 Å². The number of carbonyl (C=O) groups excluding carboxylic acids is 2. The van der Waals surface area contributed by atoms with Crippen LogP contribution >= 0.6 is 12.4 Å². The van der Waals surface area contributed by atoms with Crippen LogP contribution in [-0.2, 0) is 4.79 Å². The SMILES string of the molecule is COc1ccc(C(=O)CCC(=O)NC2C3CCCC2CC(N)C3)cc1OC.Cl. The maximum Gasteiger partial charge on any atom is 0.220 e. The molecule has 3 N–H and O–H groups in total. The number of benzene rings is 1. The standard InChI is InChI=1S/C21H30N2O4.ClH/c1-26-18-8-6-13(12-19(18)27-2)17(24)7-9-20(25)23-21-14-4-3-5-15(21)11-16(22)10-14;/h6,8,12,14-16,21H,3-5,7,9-11,22H2,1-2H3,(H,23,25);1H. The summed E-state index contributed by atoms with van der Waals surface area (Å²) in [6, 6.07) is 5.56. The zero-order chi connectivity index (χ0) is 19.4. The first-order valence-electron chi connectivity index (χ1n) is 9.82. The summed E-state index contributed by atoms with van der Waals surface area (Å²) in [5, 5.41) is 3.20. The number of Topliss-reactive ketones (excluding diaryl/α,β-unsaturated/α-hetero) is 1. The number of ether oxygens (including phenoxy) is 2. The molecule has 2 aliphatic carbocycles. The van der Waals surface area contributed by atoms with E-state index >= 15 is 0 Å². The number of ketones is 1. The summed E-state index contributed by atoms with van der Waals surface area (Å²) in [5.74, 6) is 1.95. The molecule has 0 radical (unpaired) electrons. The van der Waals surface area contributed by atoms with E-state index in [9.17, 15) is 9.59 Å². The highest BCUT2D eigenvalue weighted by atomic mass is 35.5. The Balaban J connectivity index is 0.00000280. The lowest BCUT2D eigenvalue weighted by Gasteiger charge is -2.45. The number of amides is 1. The average Bonchev–Trinajstić information content (AvgIpc) is 2.66. The average molecular weight is 411 g/mol. The molecule has 2 saturated carbocycles. The van der Waals surface area contributed by atoms with E-state index in [0.29, 0.717) is 28.9 Å². The molecule has 1 aromatic carbocycles. The van der Waals surface area contributed by atoms with E-state index in [1.165, 1.54) is 13.5 Å². The summed E-state index contributed by atoms with van der Waals surface area (Å²) in [6.07, 6.45) is 5.88. The highest BCUT2D eigenvalue weighted by Crippen LogP contribution is 2.39. The van der Waals surface area contributed by atoms with Crippen molar-refractivity contribution in [2.75, 3.05) is 14.2 Å². The van der Waals surface area contributed by atoms with Crippen molar-refractivity contribution in [1.29, 1.82) is 0 Å². The molecule has 3 rings (SSSR count). The molecule has 2 atom stereocenters. The maximum atomic E-state index is 12.5. The van der Waals surface area contributed by atoms with Gasteiger partial charge in [0, 0.05) is 30.5 Å². The molecule has 2 fully saturated rings. The Morgan fingerprint density at radius 1 is 1.07 bits per heavy atom. The van der Waals surface area contributed by atoms with E-state index < -0.39 is 0 Å². The predicted molar refractivity (Wildman–Crippen MR) is 110 cm³/mol. The molecule has 2 aliphatic rings. The van der Waals surface area contributed by atoms with Gasteiger partial charge in [0.2, 0.25) is 5.91 Å². The molecule has 0 saturated heterocycles. The molecule has 2 bridgehead atoms. The molecule has 156 valence electrons. The molecule has 0 spiro atoms. The van der Waals surface area contributed by atoms with E-state index in [1.807, 2.05) is 0 Å². The Kier molecular flexibility index (Phi) is 8.13. The van der Waals surface area contributed by atoms with Crippen molar-refractivity contribution in [2.45, 2.75) is 57.0 Å². The van der Waals surface area contributed by atoms with Gasteiger partial charge >= 0.3 is 0 Å². The van der Waals surface area contributed by atoms with Crippen molar-refractivity contribution < 1.29 is 19.1 Å². The topological polar surface area (TPSA) is 90.7 Å². The fourth-order valence-electron chi connectivity index (χ4n) is 4.66. The van der Waals surface area contributed by atoms with Crippen molar-refractivity contribution in [3.63, 3.8) is 0 Å². The minimum absolute atomic E-state index is 0. The van der Waals surface area contributed by atoms with Crippen LogP contribution in [0, 0.1) is 11.8 Å². The molecule has 6 nitrogen and oxygen atoms in total. The fraction of sp³-hybridized carbons (Fsp3) is 0.619. The summed E-state index contributed by atoms with van der Waals surface area (Å²) >= 11 is 0. The maximum absolute atomic E-state index is 12.5. The molecule has 7 heteroatoms. The Morgan fingerprint density at radius 2 is 1.71 bits per heavy atom. The first-order valence-corrected chi connectivity index (χ1v) is 9.82. The fourth-order valence-corrected chi connectivity index (χ4v) is 4.66. The number of hydrogen-bond acceptors (Lipinski definition) is 5. The second-order valence-corrected chi connectivity index (χ2v) is 7.77. The van der Waals surface area contributed by atoms with Crippen LogP contribution in [0.25, 0.3) is 0 Å². The number of carbonyl (C=O) groups is 2. The summed E-state index contributed by atoms with van der Waals surface area (Å²) in [5.41, 5.74) is 6.68. The van der Waals surface area contributed by atoms with Crippen molar-refractivity contribution in [3.8, 4) is 11.5 Å². The lowest BCUT2D eigenvalue weighted by Crippen LogP contribution is -2.53. The Bertz CT molecular complexity index is 683. The van der Waals surface area contributed by atoms with Crippen LogP contribution in [0.1, 0.15) is 55.3 Å². The third kappa shape index (κ3) is 5.17. The van der Waals surface area contributed by atoms with E-state index in [1.54, 1.807) is 25.3 Å². The molecule has 2 unspecified atom stereocenters. The minimum atomic E-state index is -0.0723. The van der Waals surface area contributed by atoms with Crippen LogP contribution in [-0.4, -0.2) is 38.0 Å². The summed E-state index contributed by atoms with van der Waals surface area (Å²) in [6.45, 7) is 0. The third-order valence-corrected chi connectivity index (χ3v) is 5.99. The van der Waals surface area contributed by atoms with Gasteiger partial charge in [0.15, 0.2) is 17.3 Å². The second-order valence-electron chi connectivity index (χ2n) is 7.77. The highest BCUT2D eigenvalue weighted by Gasteiger charge is 2.39. The quantitative estimate of drug-likeness (QED) is 0.674. The van der Waals surface area contributed by atoms with Gasteiger partial charge in [0.25, 0.3) is 0 Å². The molecular weight excluding hydrogens is 380 g/mol. The van der Waals surface area contributed by atoms with Crippen molar-refractivity contribution >= 4 is 24.1 Å². The van der Waals surface area contributed by atoms with Gasteiger partial charge in [-0.05, 0) is 55.7 Å². The molecule has 0 heterocycles.